The van der Waals surface area contributed by atoms with Gasteiger partial charge in [0.2, 0.25) is 5.91 Å². The van der Waals surface area contributed by atoms with Crippen LogP contribution in [0.5, 0.6) is 11.5 Å². The first-order valence-corrected chi connectivity index (χ1v) is 7.48. The van der Waals surface area contributed by atoms with Gasteiger partial charge in [0.15, 0.2) is 5.75 Å². The van der Waals surface area contributed by atoms with E-state index in [0.29, 0.717) is 17.2 Å². The van der Waals surface area contributed by atoms with Crippen LogP contribution in [-0.2, 0) is 4.79 Å². The van der Waals surface area contributed by atoms with E-state index >= 15 is 0 Å². The molecule has 102 valence electrons. The fraction of sp³-hybridized carbons (Fsp3) is 0.133. The van der Waals surface area contributed by atoms with Crippen LogP contribution < -0.4 is 15.8 Å². The minimum atomic E-state index is -0.179. The van der Waals surface area contributed by atoms with Gasteiger partial charge in [0.1, 0.15) is 11.0 Å². The van der Waals surface area contributed by atoms with Crippen molar-refractivity contribution < 1.29 is 9.53 Å². The number of para-hydroxylation sites is 3. The van der Waals surface area contributed by atoms with Crippen LogP contribution in [-0.4, -0.2) is 12.2 Å². The number of ether oxygens (including phenoxy) is 1. The minimum absolute atomic E-state index is 0.00964. The molecule has 0 saturated carbocycles. The first-order chi connectivity index (χ1) is 9.70. The number of fused-ring (bicyclic) bond motifs is 1. The Morgan fingerprint density at radius 2 is 1.90 bits per heavy atom. The van der Waals surface area contributed by atoms with Crippen molar-refractivity contribution in [1.82, 2.24) is 0 Å². The number of nitrogens with one attached hydrogen (secondary N) is 1. The maximum atomic E-state index is 11.9. The number of hydrogen-bond acceptors (Lipinski definition) is 4. The molecular weight excluding hydrogens is 272 g/mol. The molecule has 1 amide bonds. The van der Waals surface area contributed by atoms with E-state index in [2.05, 4.69) is 5.32 Å². The van der Waals surface area contributed by atoms with Crippen LogP contribution in [0, 0.1) is 0 Å². The largest absolute Gasteiger partial charge is 0.453 e. The van der Waals surface area contributed by atoms with Gasteiger partial charge in [0.05, 0.1) is 11.4 Å². The molecule has 0 aliphatic carbocycles. The van der Waals surface area contributed by atoms with Gasteiger partial charge in [-0.3, -0.25) is 4.79 Å². The van der Waals surface area contributed by atoms with Gasteiger partial charge in [-0.15, -0.1) is 11.8 Å². The third-order valence-electron chi connectivity index (χ3n) is 3.20. The number of nitrogen functional groups attached to an aromatic ring is 1. The van der Waals surface area contributed by atoms with Gasteiger partial charge in [0.25, 0.3) is 0 Å². The summed E-state index contributed by atoms with van der Waals surface area (Å²) in [6.07, 6.45) is 1.92. The predicted octanol–water partition coefficient (Wildman–Crippen LogP) is 3.42. The summed E-state index contributed by atoms with van der Waals surface area (Å²) in [5.41, 5.74) is 8.13. The number of thioether (sulfide) groups is 1. The summed E-state index contributed by atoms with van der Waals surface area (Å²) in [5.74, 6) is 1.19. The number of rotatable bonds is 3. The molecule has 0 bridgehead atoms. The molecule has 2 aromatic rings. The van der Waals surface area contributed by atoms with Gasteiger partial charge in [-0.05, 0) is 24.5 Å². The lowest BCUT2D eigenvalue weighted by atomic mass is 10.1. The lowest BCUT2D eigenvalue weighted by molar-refractivity contribution is -0.115. The Bertz CT molecular complexity index is 673. The number of carbonyl (C=O) groups is 1. The fourth-order valence-electron chi connectivity index (χ4n) is 2.24. The number of anilines is 2. The van der Waals surface area contributed by atoms with E-state index < -0.39 is 0 Å². The molecule has 20 heavy (non-hydrogen) atoms. The van der Waals surface area contributed by atoms with Crippen molar-refractivity contribution in [1.29, 1.82) is 0 Å². The Labute approximate surface area is 121 Å². The second-order valence-corrected chi connectivity index (χ2v) is 5.41. The number of benzene rings is 2. The second-order valence-electron chi connectivity index (χ2n) is 4.47. The van der Waals surface area contributed by atoms with Gasteiger partial charge in [0, 0.05) is 5.56 Å². The van der Waals surface area contributed by atoms with Crippen LogP contribution in [0.25, 0.3) is 0 Å². The van der Waals surface area contributed by atoms with Crippen molar-refractivity contribution >= 4 is 29.0 Å². The van der Waals surface area contributed by atoms with E-state index in [1.54, 1.807) is 12.1 Å². The Kier molecular flexibility index (Phi) is 3.28. The van der Waals surface area contributed by atoms with E-state index in [1.807, 2.05) is 36.6 Å². The zero-order chi connectivity index (χ0) is 14.1. The maximum absolute atomic E-state index is 11.9. The lowest BCUT2D eigenvalue weighted by Crippen LogP contribution is -2.08. The summed E-state index contributed by atoms with van der Waals surface area (Å²) in [6.45, 7) is 0. The van der Waals surface area contributed by atoms with Gasteiger partial charge < -0.3 is 15.8 Å². The van der Waals surface area contributed by atoms with E-state index in [4.69, 9.17) is 10.5 Å². The molecule has 1 aliphatic heterocycles. The molecule has 1 unspecified atom stereocenters. The molecule has 0 radical (unpaired) electrons. The summed E-state index contributed by atoms with van der Waals surface area (Å²) < 4.78 is 5.84. The van der Waals surface area contributed by atoms with Crippen molar-refractivity contribution in [2.75, 3.05) is 17.3 Å². The standard InChI is InChI=1S/C15H14N2O2S/c1-20-14-9-5-4-8-12(13(9)17-15(14)18)19-11-7-3-2-6-10(11)16/h2-8,14H,16H2,1H3,(H,17,18). The molecule has 2 aromatic carbocycles. The third kappa shape index (κ3) is 2.10. The predicted molar refractivity (Wildman–Crippen MR) is 82.3 cm³/mol. The SMILES string of the molecule is CSC1C(=O)Nc2c(Oc3ccccc3N)cccc21. The van der Waals surface area contributed by atoms with Crippen molar-refractivity contribution in [3.63, 3.8) is 0 Å². The first-order valence-electron chi connectivity index (χ1n) is 6.19. The van der Waals surface area contributed by atoms with E-state index in [0.717, 1.165) is 11.3 Å². The highest BCUT2D eigenvalue weighted by atomic mass is 32.2. The molecule has 0 saturated heterocycles. The average Bonchev–Trinajstić information content (AvgIpc) is 2.78. The van der Waals surface area contributed by atoms with Gasteiger partial charge in [-0.2, -0.15) is 0 Å². The zero-order valence-electron chi connectivity index (χ0n) is 10.9. The summed E-state index contributed by atoms with van der Waals surface area (Å²) in [4.78, 5) is 11.9. The number of hydrogen-bond donors (Lipinski definition) is 2. The lowest BCUT2D eigenvalue weighted by Gasteiger charge is -2.12. The van der Waals surface area contributed by atoms with Crippen LogP contribution in [0.4, 0.5) is 11.4 Å². The van der Waals surface area contributed by atoms with Crippen LogP contribution in [0.15, 0.2) is 42.5 Å². The van der Waals surface area contributed by atoms with Gasteiger partial charge in [-0.1, -0.05) is 24.3 Å². The molecule has 0 spiro atoms. The smallest absolute Gasteiger partial charge is 0.242 e. The van der Waals surface area contributed by atoms with E-state index in [1.165, 1.54) is 11.8 Å². The van der Waals surface area contributed by atoms with Crippen molar-refractivity contribution in [2.24, 2.45) is 0 Å². The molecule has 0 fully saturated rings. The summed E-state index contributed by atoms with van der Waals surface area (Å²) in [6, 6.07) is 12.9. The van der Waals surface area contributed by atoms with E-state index in [-0.39, 0.29) is 11.2 Å². The molecule has 0 aromatic heterocycles. The third-order valence-corrected chi connectivity index (χ3v) is 4.14. The van der Waals surface area contributed by atoms with Gasteiger partial charge in [-0.25, -0.2) is 0 Å². The molecule has 1 heterocycles. The van der Waals surface area contributed by atoms with Crippen molar-refractivity contribution in [2.45, 2.75) is 5.25 Å². The Hall–Kier alpha value is -2.14. The summed E-state index contributed by atoms with van der Waals surface area (Å²) in [5, 5.41) is 2.70. The summed E-state index contributed by atoms with van der Waals surface area (Å²) >= 11 is 1.51. The molecule has 4 nitrogen and oxygen atoms in total. The van der Waals surface area contributed by atoms with Crippen LogP contribution in [0.1, 0.15) is 10.8 Å². The normalized spacial score (nSPS) is 16.6. The van der Waals surface area contributed by atoms with Crippen molar-refractivity contribution in [3.05, 3.63) is 48.0 Å². The molecule has 3 N–H and O–H groups in total. The number of nitrogens with two attached hydrogens (primary N) is 1. The van der Waals surface area contributed by atoms with Crippen molar-refractivity contribution in [3.8, 4) is 11.5 Å². The Morgan fingerprint density at radius 1 is 1.15 bits per heavy atom. The van der Waals surface area contributed by atoms with Crippen LogP contribution >= 0.6 is 11.8 Å². The monoisotopic (exact) mass is 286 g/mol. The fourth-order valence-corrected chi connectivity index (χ4v) is 2.96. The molecule has 5 heteroatoms. The van der Waals surface area contributed by atoms with Crippen LogP contribution in [0.3, 0.4) is 0 Å². The van der Waals surface area contributed by atoms with Crippen LogP contribution in [0.2, 0.25) is 0 Å². The minimum Gasteiger partial charge on any atom is -0.453 e. The Balaban J connectivity index is 1.99. The highest BCUT2D eigenvalue weighted by Gasteiger charge is 2.32. The highest BCUT2D eigenvalue weighted by molar-refractivity contribution is 7.99. The topological polar surface area (TPSA) is 64.3 Å². The quantitative estimate of drug-likeness (QED) is 0.849. The average molecular weight is 286 g/mol. The summed E-state index contributed by atoms with van der Waals surface area (Å²) in [7, 11) is 0. The zero-order valence-corrected chi connectivity index (χ0v) is 11.7. The first kappa shape index (κ1) is 12.9. The van der Waals surface area contributed by atoms with Gasteiger partial charge >= 0.3 is 0 Å². The highest BCUT2D eigenvalue weighted by Crippen LogP contribution is 2.45. The second kappa shape index (κ2) is 5.09. The Morgan fingerprint density at radius 3 is 2.65 bits per heavy atom. The number of amides is 1. The molecular formula is C15H14N2O2S. The molecule has 1 atom stereocenters. The maximum Gasteiger partial charge on any atom is 0.242 e. The number of carbonyl (C=O) groups excluding carboxylic acids is 1. The molecule has 1 aliphatic rings. The van der Waals surface area contributed by atoms with E-state index in [9.17, 15) is 4.79 Å². The molecule has 3 rings (SSSR count).